The van der Waals surface area contributed by atoms with Crippen molar-refractivity contribution in [2.45, 2.75) is 6.54 Å². The zero-order valence-corrected chi connectivity index (χ0v) is 17.1. The third kappa shape index (κ3) is 5.08. The third-order valence-electron chi connectivity index (χ3n) is 4.23. The molecule has 0 aliphatic rings. The van der Waals surface area contributed by atoms with Crippen molar-refractivity contribution in [1.29, 1.82) is 0 Å². The van der Waals surface area contributed by atoms with E-state index in [2.05, 4.69) is 10.6 Å². The zero-order chi connectivity index (χ0) is 20.8. The monoisotopic (exact) mass is 428 g/mol. The number of nitrogens with one attached hydrogen (secondary N) is 2. The van der Waals surface area contributed by atoms with E-state index in [4.69, 9.17) is 27.9 Å². The molecule has 0 spiro atoms. The Kier molecular flexibility index (Phi) is 6.75. The Bertz CT molecular complexity index is 1050. The minimum atomic E-state index is -0.395. The minimum absolute atomic E-state index is 0.280. The highest BCUT2D eigenvalue weighted by atomic mass is 35.5. The van der Waals surface area contributed by atoms with Gasteiger partial charge in [-0.25, -0.2) is 0 Å². The van der Waals surface area contributed by atoms with E-state index in [-0.39, 0.29) is 17.5 Å². The molecule has 3 aromatic carbocycles. The Balaban J connectivity index is 1.75. The number of benzene rings is 3. The van der Waals surface area contributed by atoms with Crippen LogP contribution in [0.1, 0.15) is 26.3 Å². The smallest absolute Gasteiger partial charge is 0.255 e. The van der Waals surface area contributed by atoms with Crippen molar-refractivity contribution in [3.63, 3.8) is 0 Å². The van der Waals surface area contributed by atoms with Gasteiger partial charge in [0.15, 0.2) is 0 Å². The Morgan fingerprint density at radius 2 is 1.62 bits per heavy atom. The van der Waals surface area contributed by atoms with Crippen LogP contribution in [0.4, 0.5) is 5.69 Å². The standard InChI is InChI=1S/C22H18Cl2N2O3/c1-29-20-9-5-2-6-15(20)13-25-22(28)16-7-3-4-8-19(16)26-21(27)14-10-11-17(23)18(24)12-14/h2-12H,13H2,1H3,(H,25,28)(H,26,27). The van der Waals surface area contributed by atoms with Gasteiger partial charge in [-0.15, -0.1) is 0 Å². The van der Waals surface area contributed by atoms with Crippen LogP contribution in [-0.2, 0) is 6.54 Å². The number of methoxy groups -OCH3 is 1. The topological polar surface area (TPSA) is 67.4 Å². The van der Waals surface area contributed by atoms with Crippen molar-refractivity contribution < 1.29 is 14.3 Å². The fourth-order valence-electron chi connectivity index (χ4n) is 2.74. The van der Waals surface area contributed by atoms with Gasteiger partial charge in [0.05, 0.1) is 28.4 Å². The summed E-state index contributed by atoms with van der Waals surface area (Å²) in [6.07, 6.45) is 0. The van der Waals surface area contributed by atoms with Gasteiger partial charge >= 0.3 is 0 Å². The molecular weight excluding hydrogens is 411 g/mol. The Hall–Kier alpha value is -3.02. The Morgan fingerprint density at radius 1 is 0.897 bits per heavy atom. The second kappa shape index (κ2) is 9.45. The van der Waals surface area contributed by atoms with Crippen molar-refractivity contribution in [2.24, 2.45) is 0 Å². The predicted octanol–water partition coefficient (Wildman–Crippen LogP) is 5.18. The number of amides is 2. The Morgan fingerprint density at radius 3 is 2.38 bits per heavy atom. The van der Waals surface area contributed by atoms with Gasteiger partial charge in [-0.2, -0.15) is 0 Å². The van der Waals surface area contributed by atoms with Crippen molar-refractivity contribution in [3.05, 3.63) is 93.5 Å². The molecule has 0 radical (unpaired) electrons. The largest absolute Gasteiger partial charge is 0.496 e. The quantitative estimate of drug-likeness (QED) is 0.567. The molecule has 0 aliphatic carbocycles. The summed E-state index contributed by atoms with van der Waals surface area (Å²) in [6, 6.07) is 18.8. The zero-order valence-electron chi connectivity index (χ0n) is 15.5. The van der Waals surface area contributed by atoms with Crippen LogP contribution in [0.2, 0.25) is 10.0 Å². The van der Waals surface area contributed by atoms with Gasteiger partial charge in [0.25, 0.3) is 11.8 Å². The summed E-state index contributed by atoms with van der Waals surface area (Å²) in [5.41, 5.74) is 1.92. The molecule has 7 heteroatoms. The van der Waals surface area contributed by atoms with Crippen LogP contribution in [0.3, 0.4) is 0 Å². The highest BCUT2D eigenvalue weighted by molar-refractivity contribution is 6.42. The number of hydrogen-bond acceptors (Lipinski definition) is 3. The van der Waals surface area contributed by atoms with E-state index in [0.717, 1.165) is 5.56 Å². The molecular formula is C22H18Cl2N2O3. The summed E-state index contributed by atoms with van der Waals surface area (Å²) in [5, 5.41) is 6.24. The second-order valence-corrected chi connectivity index (χ2v) is 6.94. The molecule has 0 saturated heterocycles. The summed E-state index contributed by atoms with van der Waals surface area (Å²) < 4.78 is 5.30. The summed E-state index contributed by atoms with van der Waals surface area (Å²) >= 11 is 11.9. The molecule has 0 atom stereocenters. The molecule has 148 valence electrons. The van der Waals surface area contributed by atoms with Gasteiger partial charge in [0.1, 0.15) is 5.75 Å². The van der Waals surface area contributed by atoms with Gasteiger partial charge in [-0.1, -0.05) is 53.5 Å². The molecule has 0 bridgehead atoms. The molecule has 0 heterocycles. The van der Waals surface area contributed by atoms with E-state index in [0.29, 0.717) is 27.6 Å². The molecule has 3 aromatic rings. The summed E-state index contributed by atoms with van der Waals surface area (Å²) in [5.74, 6) is -0.0245. The van der Waals surface area contributed by atoms with E-state index in [1.54, 1.807) is 43.5 Å². The van der Waals surface area contributed by atoms with Gasteiger partial charge in [-0.3, -0.25) is 9.59 Å². The van der Waals surface area contributed by atoms with Crippen LogP contribution in [0.5, 0.6) is 5.75 Å². The lowest BCUT2D eigenvalue weighted by atomic mass is 10.1. The highest BCUT2D eigenvalue weighted by Gasteiger charge is 2.15. The van der Waals surface area contributed by atoms with E-state index >= 15 is 0 Å². The number of rotatable bonds is 6. The van der Waals surface area contributed by atoms with Crippen LogP contribution in [0.15, 0.2) is 66.7 Å². The first-order valence-corrected chi connectivity index (χ1v) is 9.50. The number of carbonyl (C=O) groups is 2. The van der Waals surface area contributed by atoms with E-state index in [9.17, 15) is 9.59 Å². The van der Waals surface area contributed by atoms with Crippen LogP contribution >= 0.6 is 23.2 Å². The van der Waals surface area contributed by atoms with Crippen molar-refractivity contribution in [2.75, 3.05) is 12.4 Å². The number of para-hydroxylation sites is 2. The summed E-state index contributed by atoms with van der Waals surface area (Å²) in [4.78, 5) is 25.3. The molecule has 0 unspecified atom stereocenters. The van der Waals surface area contributed by atoms with Gasteiger partial charge < -0.3 is 15.4 Å². The summed E-state index contributed by atoms with van der Waals surface area (Å²) in [7, 11) is 1.58. The molecule has 0 fully saturated rings. The van der Waals surface area contributed by atoms with E-state index in [1.807, 2.05) is 24.3 Å². The number of anilines is 1. The maximum Gasteiger partial charge on any atom is 0.255 e. The van der Waals surface area contributed by atoms with Crippen LogP contribution < -0.4 is 15.4 Å². The fraction of sp³-hybridized carbons (Fsp3) is 0.0909. The first kappa shape index (κ1) is 20.7. The maximum absolute atomic E-state index is 12.7. The SMILES string of the molecule is COc1ccccc1CNC(=O)c1ccccc1NC(=O)c1ccc(Cl)c(Cl)c1. The lowest BCUT2D eigenvalue weighted by Gasteiger charge is -2.13. The second-order valence-electron chi connectivity index (χ2n) is 6.12. The average molecular weight is 429 g/mol. The molecule has 3 rings (SSSR count). The van der Waals surface area contributed by atoms with E-state index < -0.39 is 5.91 Å². The first-order chi connectivity index (χ1) is 14.0. The summed E-state index contributed by atoms with van der Waals surface area (Å²) in [6.45, 7) is 0.290. The van der Waals surface area contributed by atoms with Gasteiger partial charge in [0.2, 0.25) is 0 Å². The van der Waals surface area contributed by atoms with Crippen LogP contribution in [0.25, 0.3) is 0 Å². The number of ether oxygens (including phenoxy) is 1. The molecule has 0 aliphatic heterocycles. The molecule has 29 heavy (non-hydrogen) atoms. The van der Waals surface area contributed by atoms with E-state index in [1.165, 1.54) is 6.07 Å². The first-order valence-electron chi connectivity index (χ1n) is 8.75. The minimum Gasteiger partial charge on any atom is -0.496 e. The Labute approximate surface area is 178 Å². The molecule has 2 amide bonds. The highest BCUT2D eigenvalue weighted by Crippen LogP contribution is 2.24. The number of halogens is 2. The molecule has 0 aromatic heterocycles. The normalized spacial score (nSPS) is 10.3. The third-order valence-corrected chi connectivity index (χ3v) is 4.97. The van der Waals surface area contributed by atoms with Crippen molar-refractivity contribution in [3.8, 4) is 5.75 Å². The molecule has 2 N–H and O–H groups in total. The van der Waals surface area contributed by atoms with Crippen molar-refractivity contribution in [1.82, 2.24) is 5.32 Å². The maximum atomic E-state index is 12.7. The fourth-order valence-corrected chi connectivity index (χ4v) is 3.04. The lowest BCUT2D eigenvalue weighted by Crippen LogP contribution is -2.25. The number of carbonyl (C=O) groups excluding carboxylic acids is 2. The van der Waals surface area contributed by atoms with Gasteiger partial charge in [0, 0.05) is 17.7 Å². The molecule has 5 nitrogen and oxygen atoms in total. The predicted molar refractivity (Wildman–Crippen MR) is 115 cm³/mol. The lowest BCUT2D eigenvalue weighted by molar-refractivity contribution is 0.0951. The van der Waals surface area contributed by atoms with Gasteiger partial charge in [-0.05, 0) is 36.4 Å². The van der Waals surface area contributed by atoms with Crippen molar-refractivity contribution >= 4 is 40.7 Å². The average Bonchev–Trinajstić information content (AvgIpc) is 2.74. The molecule has 0 saturated carbocycles. The number of hydrogen-bond donors (Lipinski definition) is 2. The van der Waals surface area contributed by atoms with Crippen LogP contribution in [-0.4, -0.2) is 18.9 Å². The van der Waals surface area contributed by atoms with Crippen LogP contribution in [0, 0.1) is 0 Å².